The van der Waals surface area contributed by atoms with Crippen molar-refractivity contribution in [2.75, 3.05) is 6.61 Å². The van der Waals surface area contributed by atoms with Crippen molar-refractivity contribution < 1.29 is 19.1 Å². The number of aryl methyl sites for hydroxylation is 1. The van der Waals surface area contributed by atoms with Crippen molar-refractivity contribution in [3.8, 4) is 5.69 Å². The molecule has 1 aromatic carbocycles. The monoisotopic (exact) mass is 405 g/mol. The third-order valence-electron chi connectivity index (χ3n) is 3.56. The molecule has 27 heavy (non-hydrogen) atoms. The first-order valence-corrected chi connectivity index (χ1v) is 9.36. The molecule has 0 radical (unpaired) electrons. The minimum Gasteiger partial charge on any atom is -0.461 e. The standard InChI is InChI=1S/C18H16ClN3O4S/c1-3-25-18(24)16-20-12(10-27-16)9-26-17(23)14-11(2)21-22(15(14)19)13-7-5-4-6-8-13/h4-8,10H,3,9H2,1-2H3. The lowest BCUT2D eigenvalue weighted by atomic mass is 10.2. The molecule has 140 valence electrons. The van der Waals surface area contributed by atoms with Crippen LogP contribution in [0.1, 0.15) is 38.5 Å². The highest BCUT2D eigenvalue weighted by Gasteiger charge is 2.23. The molecule has 0 saturated heterocycles. The molecule has 9 heteroatoms. The zero-order valence-electron chi connectivity index (χ0n) is 14.6. The highest BCUT2D eigenvalue weighted by molar-refractivity contribution is 7.11. The third kappa shape index (κ3) is 4.17. The normalized spacial score (nSPS) is 10.6. The first-order chi connectivity index (χ1) is 13.0. The van der Waals surface area contributed by atoms with Crippen LogP contribution < -0.4 is 0 Å². The van der Waals surface area contributed by atoms with Crippen LogP contribution >= 0.6 is 22.9 Å². The lowest BCUT2D eigenvalue weighted by Gasteiger charge is -2.04. The van der Waals surface area contributed by atoms with Crippen LogP contribution in [0.2, 0.25) is 5.15 Å². The summed E-state index contributed by atoms with van der Waals surface area (Å²) in [5.41, 5.74) is 1.85. The molecule has 0 spiro atoms. The van der Waals surface area contributed by atoms with E-state index in [2.05, 4.69) is 10.1 Å². The van der Waals surface area contributed by atoms with Gasteiger partial charge in [-0.25, -0.2) is 19.3 Å². The van der Waals surface area contributed by atoms with Crippen LogP contribution in [0.5, 0.6) is 0 Å². The van der Waals surface area contributed by atoms with Gasteiger partial charge in [-0.15, -0.1) is 11.3 Å². The van der Waals surface area contributed by atoms with Gasteiger partial charge in [0.2, 0.25) is 5.01 Å². The fourth-order valence-corrected chi connectivity index (χ4v) is 3.39. The Kier molecular flexibility index (Phi) is 5.88. The van der Waals surface area contributed by atoms with E-state index < -0.39 is 11.9 Å². The molecule has 2 heterocycles. The fourth-order valence-electron chi connectivity index (χ4n) is 2.34. The number of para-hydroxylation sites is 1. The van der Waals surface area contributed by atoms with Gasteiger partial charge in [0.05, 0.1) is 23.7 Å². The zero-order valence-corrected chi connectivity index (χ0v) is 16.2. The Morgan fingerprint density at radius 1 is 1.19 bits per heavy atom. The first kappa shape index (κ1) is 19.1. The Balaban J connectivity index is 1.72. The second-order valence-corrected chi connectivity index (χ2v) is 6.66. The predicted octanol–water partition coefficient (Wildman–Crippen LogP) is 3.82. The summed E-state index contributed by atoms with van der Waals surface area (Å²) in [5.74, 6) is -1.10. The van der Waals surface area contributed by atoms with Crippen LogP contribution in [0.3, 0.4) is 0 Å². The van der Waals surface area contributed by atoms with Gasteiger partial charge in [0.25, 0.3) is 0 Å². The molecule has 0 unspecified atom stereocenters. The summed E-state index contributed by atoms with van der Waals surface area (Å²) in [6, 6.07) is 9.24. The van der Waals surface area contributed by atoms with Crippen molar-refractivity contribution in [1.29, 1.82) is 0 Å². The zero-order chi connectivity index (χ0) is 19.4. The van der Waals surface area contributed by atoms with Crippen LogP contribution in [0, 0.1) is 6.92 Å². The van der Waals surface area contributed by atoms with Crippen molar-refractivity contribution >= 4 is 34.9 Å². The van der Waals surface area contributed by atoms with Crippen molar-refractivity contribution in [2.45, 2.75) is 20.5 Å². The van der Waals surface area contributed by atoms with Gasteiger partial charge in [0.15, 0.2) is 0 Å². The maximum absolute atomic E-state index is 12.5. The topological polar surface area (TPSA) is 83.3 Å². The molecule has 0 aliphatic heterocycles. The van der Waals surface area contributed by atoms with Crippen LogP contribution in [0.25, 0.3) is 5.69 Å². The molecule has 3 rings (SSSR count). The van der Waals surface area contributed by atoms with E-state index in [1.807, 2.05) is 30.3 Å². The molecule has 2 aromatic heterocycles. The van der Waals surface area contributed by atoms with Crippen molar-refractivity contribution in [3.63, 3.8) is 0 Å². The second kappa shape index (κ2) is 8.32. The number of hydrogen-bond acceptors (Lipinski definition) is 7. The van der Waals surface area contributed by atoms with Crippen LogP contribution in [0.4, 0.5) is 0 Å². The molecule has 3 aromatic rings. The molecule has 0 amide bonds. The van der Waals surface area contributed by atoms with Gasteiger partial charge in [-0.1, -0.05) is 29.8 Å². The van der Waals surface area contributed by atoms with Crippen molar-refractivity contribution in [2.24, 2.45) is 0 Å². The molecule has 0 fully saturated rings. The number of aromatic nitrogens is 3. The van der Waals surface area contributed by atoms with Gasteiger partial charge in [0, 0.05) is 5.38 Å². The van der Waals surface area contributed by atoms with Gasteiger partial charge in [-0.2, -0.15) is 5.10 Å². The number of nitrogens with zero attached hydrogens (tertiary/aromatic N) is 3. The summed E-state index contributed by atoms with van der Waals surface area (Å²) in [6.07, 6.45) is 0. The summed E-state index contributed by atoms with van der Waals surface area (Å²) in [5, 5.41) is 6.35. The average molecular weight is 406 g/mol. The van der Waals surface area contributed by atoms with Crippen LogP contribution in [-0.2, 0) is 16.1 Å². The van der Waals surface area contributed by atoms with E-state index in [-0.39, 0.29) is 28.9 Å². The predicted molar refractivity (Wildman–Crippen MR) is 101 cm³/mol. The quantitative estimate of drug-likeness (QED) is 0.579. The van der Waals surface area contributed by atoms with Gasteiger partial charge in [0.1, 0.15) is 17.3 Å². The SMILES string of the molecule is CCOC(=O)c1nc(COC(=O)c2c(C)nn(-c3ccccc3)c2Cl)cs1. The number of carbonyl (C=O) groups excluding carboxylic acids is 2. The summed E-state index contributed by atoms with van der Waals surface area (Å²) in [4.78, 5) is 28.2. The van der Waals surface area contributed by atoms with E-state index in [1.165, 1.54) is 4.68 Å². The highest BCUT2D eigenvalue weighted by Crippen LogP contribution is 2.24. The third-order valence-corrected chi connectivity index (χ3v) is 4.78. The lowest BCUT2D eigenvalue weighted by Crippen LogP contribution is -2.08. The van der Waals surface area contributed by atoms with Crippen LogP contribution in [-0.4, -0.2) is 33.3 Å². The van der Waals surface area contributed by atoms with E-state index in [9.17, 15) is 9.59 Å². The largest absolute Gasteiger partial charge is 0.461 e. The summed E-state index contributed by atoms with van der Waals surface area (Å²) in [7, 11) is 0. The van der Waals surface area contributed by atoms with Gasteiger partial charge >= 0.3 is 11.9 Å². The number of hydrogen-bond donors (Lipinski definition) is 0. The summed E-state index contributed by atoms with van der Waals surface area (Å²) in [6.45, 7) is 3.59. The fraction of sp³-hybridized carbons (Fsp3) is 0.222. The molecule has 0 aliphatic rings. The number of esters is 2. The number of ether oxygens (including phenoxy) is 2. The van der Waals surface area contributed by atoms with Gasteiger partial charge in [-0.05, 0) is 26.0 Å². The minimum absolute atomic E-state index is 0.0823. The highest BCUT2D eigenvalue weighted by atomic mass is 35.5. The Labute approximate surface area is 164 Å². The van der Waals surface area contributed by atoms with Gasteiger partial charge in [-0.3, -0.25) is 0 Å². The Morgan fingerprint density at radius 2 is 1.93 bits per heavy atom. The maximum Gasteiger partial charge on any atom is 0.367 e. The van der Waals surface area contributed by atoms with Crippen LogP contribution in [0.15, 0.2) is 35.7 Å². The number of thiazole rings is 1. The van der Waals surface area contributed by atoms with E-state index in [4.69, 9.17) is 21.1 Å². The lowest BCUT2D eigenvalue weighted by molar-refractivity contribution is 0.0467. The summed E-state index contributed by atoms with van der Waals surface area (Å²) < 4.78 is 11.7. The average Bonchev–Trinajstić information content (AvgIpc) is 3.25. The molecule has 0 bridgehead atoms. The molecule has 0 atom stereocenters. The smallest absolute Gasteiger partial charge is 0.367 e. The molecule has 0 aliphatic carbocycles. The Bertz CT molecular complexity index is 968. The van der Waals surface area contributed by atoms with Crippen molar-refractivity contribution in [1.82, 2.24) is 14.8 Å². The molecular formula is C18H16ClN3O4S. The van der Waals surface area contributed by atoms with Crippen molar-refractivity contribution in [3.05, 3.63) is 62.8 Å². The molecule has 0 N–H and O–H groups in total. The number of halogens is 1. The molecular weight excluding hydrogens is 390 g/mol. The minimum atomic E-state index is -0.606. The van der Waals surface area contributed by atoms with E-state index >= 15 is 0 Å². The van der Waals surface area contributed by atoms with E-state index in [1.54, 1.807) is 19.2 Å². The number of rotatable bonds is 6. The number of carbonyl (C=O) groups is 2. The van der Waals surface area contributed by atoms with E-state index in [0.29, 0.717) is 11.4 Å². The van der Waals surface area contributed by atoms with E-state index in [0.717, 1.165) is 17.0 Å². The maximum atomic E-state index is 12.5. The van der Waals surface area contributed by atoms with Gasteiger partial charge < -0.3 is 9.47 Å². The molecule has 7 nitrogen and oxygen atoms in total. The second-order valence-electron chi connectivity index (χ2n) is 5.44. The summed E-state index contributed by atoms with van der Waals surface area (Å²) >= 11 is 7.48. The Morgan fingerprint density at radius 3 is 2.63 bits per heavy atom. The first-order valence-electron chi connectivity index (χ1n) is 8.10. The molecule has 0 saturated carbocycles. The number of benzene rings is 1. The Hall–Kier alpha value is -2.71.